The molecule has 1 amide bonds. The maximum Gasteiger partial charge on any atom is 0.358 e. The average molecular weight is 408 g/mol. The zero-order chi connectivity index (χ0) is 20.2. The number of benzene rings is 2. The second-order valence-corrected chi connectivity index (χ2v) is 7.48. The van der Waals surface area contributed by atoms with Crippen molar-refractivity contribution in [3.05, 3.63) is 65.2 Å². The van der Waals surface area contributed by atoms with E-state index in [-0.39, 0.29) is 18.2 Å². The highest BCUT2D eigenvalue weighted by atomic mass is 32.1. The molecule has 0 spiro atoms. The lowest BCUT2D eigenvalue weighted by Gasteiger charge is -2.29. The summed E-state index contributed by atoms with van der Waals surface area (Å²) >= 11 is 1.35. The highest BCUT2D eigenvalue weighted by Gasteiger charge is 2.23. The molecule has 0 saturated carbocycles. The maximum atomic E-state index is 12.6. The molecule has 2 heterocycles. The zero-order valence-corrected chi connectivity index (χ0v) is 16.8. The van der Waals surface area contributed by atoms with Crippen molar-refractivity contribution in [1.29, 1.82) is 0 Å². The van der Waals surface area contributed by atoms with E-state index in [2.05, 4.69) is 4.98 Å². The molecule has 3 aromatic rings. The van der Waals surface area contributed by atoms with E-state index in [0.29, 0.717) is 11.6 Å². The monoisotopic (exact) mass is 408 g/mol. The quantitative estimate of drug-likeness (QED) is 0.598. The van der Waals surface area contributed by atoms with Gasteiger partial charge in [-0.1, -0.05) is 18.2 Å². The molecule has 0 aliphatic carbocycles. The average Bonchev–Trinajstić information content (AvgIpc) is 3.27. The van der Waals surface area contributed by atoms with Gasteiger partial charge in [0, 0.05) is 23.2 Å². The second kappa shape index (κ2) is 8.45. The lowest BCUT2D eigenvalue weighted by atomic mass is 10.0. The van der Waals surface area contributed by atoms with Crippen molar-refractivity contribution < 1.29 is 19.1 Å². The first-order valence-corrected chi connectivity index (χ1v) is 10.2. The summed E-state index contributed by atoms with van der Waals surface area (Å²) in [5, 5.41) is 2.35. The van der Waals surface area contributed by atoms with Gasteiger partial charge in [0.2, 0.25) is 0 Å². The van der Waals surface area contributed by atoms with Gasteiger partial charge in [-0.05, 0) is 48.7 Å². The van der Waals surface area contributed by atoms with E-state index in [9.17, 15) is 9.59 Å². The highest BCUT2D eigenvalue weighted by Crippen LogP contribution is 2.27. The lowest BCUT2D eigenvalue weighted by molar-refractivity contribution is -0.121. The Morgan fingerprint density at radius 3 is 2.72 bits per heavy atom. The topological polar surface area (TPSA) is 68.7 Å². The van der Waals surface area contributed by atoms with Crippen LogP contribution in [0.15, 0.2) is 53.9 Å². The summed E-state index contributed by atoms with van der Waals surface area (Å²) in [5.41, 5.74) is 3.13. The summed E-state index contributed by atoms with van der Waals surface area (Å²) in [7, 11) is 1.61. The number of aromatic nitrogens is 1. The molecule has 0 fully saturated rings. The van der Waals surface area contributed by atoms with Crippen LogP contribution in [0.4, 0.5) is 5.69 Å². The maximum absolute atomic E-state index is 12.6. The Morgan fingerprint density at radius 2 is 1.93 bits per heavy atom. The van der Waals surface area contributed by atoms with Crippen LogP contribution < -0.4 is 9.64 Å². The van der Waals surface area contributed by atoms with E-state index >= 15 is 0 Å². The summed E-state index contributed by atoms with van der Waals surface area (Å²) < 4.78 is 10.4. The number of para-hydroxylation sites is 1. The number of anilines is 1. The molecule has 0 radical (unpaired) electrons. The van der Waals surface area contributed by atoms with Crippen LogP contribution in [0.5, 0.6) is 5.75 Å². The first-order chi connectivity index (χ1) is 14.2. The lowest BCUT2D eigenvalue weighted by Crippen LogP contribution is -2.38. The van der Waals surface area contributed by atoms with Gasteiger partial charge in [-0.3, -0.25) is 4.79 Å². The Kier molecular flexibility index (Phi) is 5.57. The second-order valence-electron chi connectivity index (χ2n) is 6.62. The van der Waals surface area contributed by atoms with Crippen LogP contribution in [0.25, 0.3) is 10.6 Å². The number of hydrogen-bond donors (Lipinski definition) is 0. The smallest absolute Gasteiger partial charge is 0.358 e. The molecule has 0 unspecified atom stereocenters. The number of rotatable bonds is 5. The minimum absolute atomic E-state index is 0.202. The van der Waals surface area contributed by atoms with Crippen LogP contribution in [0, 0.1) is 0 Å². The number of amides is 1. The van der Waals surface area contributed by atoms with Gasteiger partial charge in [0.1, 0.15) is 10.8 Å². The Balaban J connectivity index is 1.39. The Morgan fingerprint density at radius 1 is 1.14 bits per heavy atom. The van der Waals surface area contributed by atoms with E-state index in [1.54, 1.807) is 17.4 Å². The van der Waals surface area contributed by atoms with Crippen molar-refractivity contribution >= 4 is 28.9 Å². The summed E-state index contributed by atoms with van der Waals surface area (Å²) in [4.78, 5) is 31.0. The fraction of sp³-hybridized carbons (Fsp3) is 0.227. The first kappa shape index (κ1) is 19.1. The Labute approximate surface area is 172 Å². The van der Waals surface area contributed by atoms with Crippen LogP contribution in [0.2, 0.25) is 0 Å². The SMILES string of the molecule is COc1ccc(-c2nc(C(=O)OCC(=O)N3CCCc4ccccc43)cs2)cc1. The predicted octanol–water partition coefficient (Wildman–Crippen LogP) is 3.95. The number of fused-ring (bicyclic) bond motifs is 1. The highest BCUT2D eigenvalue weighted by molar-refractivity contribution is 7.13. The standard InChI is InChI=1S/C22H20N2O4S/c1-27-17-10-8-16(9-11-17)21-23-18(14-29-21)22(26)28-13-20(25)24-12-4-6-15-5-2-3-7-19(15)24/h2-3,5,7-11,14H,4,6,12-13H2,1H3. The van der Waals surface area contributed by atoms with E-state index in [0.717, 1.165) is 35.4 Å². The number of carbonyl (C=O) groups excluding carboxylic acids is 2. The fourth-order valence-corrected chi connectivity index (χ4v) is 4.10. The molecular weight excluding hydrogens is 388 g/mol. The summed E-state index contributed by atoms with van der Waals surface area (Å²) in [6, 6.07) is 15.3. The molecule has 0 N–H and O–H groups in total. The number of methoxy groups -OCH3 is 1. The van der Waals surface area contributed by atoms with Crippen molar-refractivity contribution in [2.45, 2.75) is 12.8 Å². The molecule has 4 rings (SSSR count). The van der Waals surface area contributed by atoms with Crippen LogP contribution in [0.3, 0.4) is 0 Å². The number of esters is 1. The van der Waals surface area contributed by atoms with Crippen LogP contribution in [0.1, 0.15) is 22.5 Å². The van der Waals surface area contributed by atoms with Gasteiger partial charge in [0.05, 0.1) is 7.11 Å². The molecule has 0 bridgehead atoms. The van der Waals surface area contributed by atoms with Gasteiger partial charge >= 0.3 is 5.97 Å². The van der Waals surface area contributed by atoms with Gasteiger partial charge in [0.25, 0.3) is 5.91 Å². The minimum atomic E-state index is -0.598. The van der Waals surface area contributed by atoms with Crippen molar-refractivity contribution in [1.82, 2.24) is 4.98 Å². The Bertz CT molecular complexity index is 1030. The fourth-order valence-electron chi connectivity index (χ4n) is 3.31. The van der Waals surface area contributed by atoms with E-state index in [1.807, 2.05) is 48.5 Å². The summed E-state index contributed by atoms with van der Waals surface area (Å²) in [5.74, 6) is -0.0708. The summed E-state index contributed by atoms with van der Waals surface area (Å²) in [6.45, 7) is 0.328. The third-order valence-electron chi connectivity index (χ3n) is 4.79. The van der Waals surface area contributed by atoms with Gasteiger partial charge < -0.3 is 14.4 Å². The van der Waals surface area contributed by atoms with Crippen molar-refractivity contribution in [3.63, 3.8) is 0 Å². The van der Waals surface area contributed by atoms with Crippen LogP contribution in [-0.4, -0.2) is 37.1 Å². The molecule has 0 saturated heterocycles. The van der Waals surface area contributed by atoms with E-state index in [1.165, 1.54) is 11.3 Å². The zero-order valence-electron chi connectivity index (χ0n) is 16.0. The molecule has 1 aromatic heterocycles. The first-order valence-electron chi connectivity index (χ1n) is 9.31. The number of aryl methyl sites for hydroxylation is 1. The molecule has 6 nitrogen and oxygen atoms in total. The van der Waals surface area contributed by atoms with Crippen molar-refractivity contribution in [2.24, 2.45) is 0 Å². The molecule has 7 heteroatoms. The molecule has 29 heavy (non-hydrogen) atoms. The number of nitrogens with zero attached hydrogens (tertiary/aromatic N) is 2. The van der Waals surface area contributed by atoms with Gasteiger partial charge in [-0.25, -0.2) is 9.78 Å². The van der Waals surface area contributed by atoms with E-state index < -0.39 is 5.97 Å². The molecule has 2 aromatic carbocycles. The van der Waals surface area contributed by atoms with Crippen LogP contribution in [-0.2, 0) is 16.0 Å². The molecule has 1 aliphatic rings. The number of carbonyl (C=O) groups is 2. The van der Waals surface area contributed by atoms with Crippen molar-refractivity contribution in [2.75, 3.05) is 25.2 Å². The van der Waals surface area contributed by atoms with Gasteiger partial charge in [-0.15, -0.1) is 11.3 Å². The summed E-state index contributed by atoms with van der Waals surface area (Å²) in [6.07, 6.45) is 1.85. The Hall–Kier alpha value is -3.19. The number of hydrogen-bond acceptors (Lipinski definition) is 6. The van der Waals surface area contributed by atoms with E-state index in [4.69, 9.17) is 9.47 Å². The largest absolute Gasteiger partial charge is 0.497 e. The van der Waals surface area contributed by atoms with Crippen LogP contribution >= 0.6 is 11.3 Å². The third-order valence-corrected chi connectivity index (χ3v) is 5.68. The molecule has 148 valence electrons. The number of ether oxygens (including phenoxy) is 2. The molecular formula is C22H20N2O4S. The number of thiazole rings is 1. The normalized spacial score (nSPS) is 12.9. The van der Waals surface area contributed by atoms with Crippen molar-refractivity contribution in [3.8, 4) is 16.3 Å². The van der Waals surface area contributed by atoms with Gasteiger partial charge in [-0.2, -0.15) is 0 Å². The minimum Gasteiger partial charge on any atom is -0.497 e. The predicted molar refractivity (Wildman–Crippen MR) is 112 cm³/mol. The molecule has 1 aliphatic heterocycles. The third kappa shape index (κ3) is 4.14. The molecule has 0 atom stereocenters. The van der Waals surface area contributed by atoms with Gasteiger partial charge in [0.15, 0.2) is 12.3 Å².